The lowest BCUT2D eigenvalue weighted by molar-refractivity contribution is 1.22. The third-order valence-corrected chi connectivity index (χ3v) is 2.22. The van der Waals surface area contributed by atoms with Gasteiger partial charge < -0.3 is 4.98 Å². The summed E-state index contributed by atoms with van der Waals surface area (Å²) >= 11 is 0. The van der Waals surface area contributed by atoms with Gasteiger partial charge >= 0.3 is 5.69 Å². The maximum Gasteiger partial charge on any atom is 0.346 e. The Morgan fingerprint density at radius 3 is 3.07 bits per heavy atom. The molecule has 0 bridgehead atoms. The summed E-state index contributed by atoms with van der Waals surface area (Å²) in [4.78, 5) is 25.8. The fourth-order valence-corrected chi connectivity index (χ4v) is 1.57. The number of aromatic amines is 1. The van der Waals surface area contributed by atoms with Gasteiger partial charge in [-0.1, -0.05) is 0 Å². The second-order valence-electron chi connectivity index (χ2n) is 3.14. The van der Waals surface area contributed by atoms with E-state index in [2.05, 4.69) is 19.9 Å². The summed E-state index contributed by atoms with van der Waals surface area (Å²) in [6.07, 6.45) is 4.86. The van der Waals surface area contributed by atoms with E-state index in [1.54, 1.807) is 24.7 Å². The van der Waals surface area contributed by atoms with E-state index in [0.29, 0.717) is 11.0 Å². The van der Waals surface area contributed by atoms with Gasteiger partial charge in [-0.05, 0) is 12.1 Å². The Balaban J connectivity index is 2.65. The van der Waals surface area contributed by atoms with Crippen molar-refractivity contribution in [2.75, 3.05) is 0 Å². The Kier molecular flexibility index (Phi) is 1.53. The second-order valence-corrected chi connectivity index (χ2v) is 3.14. The van der Waals surface area contributed by atoms with Crippen LogP contribution in [-0.2, 0) is 0 Å². The minimum absolute atomic E-state index is 0.344. The topological polar surface area (TPSA) is 71.5 Å². The lowest BCUT2D eigenvalue weighted by atomic mass is 10.2. The fourth-order valence-electron chi connectivity index (χ4n) is 1.57. The van der Waals surface area contributed by atoms with Crippen LogP contribution in [0.1, 0.15) is 0 Å². The summed E-state index contributed by atoms with van der Waals surface area (Å²) in [5.74, 6) is 0. The van der Waals surface area contributed by atoms with Crippen LogP contribution < -0.4 is 5.69 Å². The Morgan fingerprint density at radius 2 is 2.13 bits per heavy atom. The van der Waals surface area contributed by atoms with Crippen LogP contribution in [0.4, 0.5) is 0 Å². The average molecular weight is 198 g/mol. The number of hydrogen-bond donors (Lipinski definition) is 1. The van der Waals surface area contributed by atoms with Crippen LogP contribution in [0.3, 0.4) is 0 Å². The van der Waals surface area contributed by atoms with E-state index < -0.39 is 0 Å². The summed E-state index contributed by atoms with van der Waals surface area (Å²) in [7, 11) is 0. The number of hydrogen-bond acceptors (Lipinski definition) is 4. The number of aromatic nitrogens is 4. The lowest BCUT2D eigenvalue weighted by Gasteiger charge is -1.91. The molecule has 1 N–H and O–H groups in total. The van der Waals surface area contributed by atoms with Gasteiger partial charge in [-0.15, -0.1) is 0 Å². The van der Waals surface area contributed by atoms with E-state index >= 15 is 0 Å². The second kappa shape index (κ2) is 2.84. The molecule has 0 aliphatic rings. The van der Waals surface area contributed by atoms with Crippen molar-refractivity contribution < 1.29 is 0 Å². The number of benzene rings is 1. The first kappa shape index (κ1) is 8.05. The molecule has 0 saturated heterocycles. The number of nitrogens with zero attached hydrogens (tertiary/aromatic N) is 3. The summed E-state index contributed by atoms with van der Waals surface area (Å²) in [5, 5.41) is 0.774. The predicted octanol–water partition coefficient (Wildman–Crippen LogP) is 0.866. The molecule has 0 aliphatic heterocycles. The fraction of sp³-hybridized carbons (Fsp3) is 0. The van der Waals surface area contributed by atoms with Gasteiger partial charge in [-0.3, -0.25) is 9.97 Å². The van der Waals surface area contributed by atoms with Gasteiger partial charge in [-0.2, -0.15) is 4.98 Å². The van der Waals surface area contributed by atoms with Crippen molar-refractivity contribution in [1.29, 1.82) is 0 Å². The molecule has 0 saturated carbocycles. The van der Waals surface area contributed by atoms with Crippen molar-refractivity contribution >= 4 is 21.9 Å². The first-order valence-electron chi connectivity index (χ1n) is 4.43. The van der Waals surface area contributed by atoms with Gasteiger partial charge in [0.25, 0.3) is 0 Å². The number of H-pyrrole nitrogens is 1. The zero-order chi connectivity index (χ0) is 10.3. The highest BCUT2D eigenvalue weighted by Gasteiger charge is 2.04. The molecule has 0 aliphatic carbocycles. The zero-order valence-corrected chi connectivity index (χ0v) is 7.64. The molecular weight excluding hydrogens is 192 g/mol. The molecule has 5 heteroatoms. The Bertz CT molecular complexity index is 704. The Labute approximate surface area is 83.8 Å². The smallest absolute Gasteiger partial charge is 0.304 e. The van der Waals surface area contributed by atoms with Crippen LogP contribution >= 0.6 is 0 Å². The normalized spacial score (nSPS) is 10.9. The van der Waals surface area contributed by atoms with Crippen LogP contribution in [0, 0.1) is 0 Å². The average Bonchev–Trinajstić information content (AvgIpc) is 2.48. The highest BCUT2D eigenvalue weighted by molar-refractivity contribution is 6.01. The highest BCUT2D eigenvalue weighted by Crippen LogP contribution is 2.17. The van der Waals surface area contributed by atoms with E-state index in [4.69, 9.17) is 0 Å². The van der Waals surface area contributed by atoms with Crippen LogP contribution in [0.25, 0.3) is 21.9 Å². The number of nitrogens with one attached hydrogen (secondary N) is 1. The molecule has 1 aromatic carbocycles. The molecule has 0 fully saturated rings. The first-order chi connectivity index (χ1) is 7.34. The quantitative estimate of drug-likeness (QED) is 0.581. The van der Waals surface area contributed by atoms with E-state index in [1.165, 1.54) is 0 Å². The van der Waals surface area contributed by atoms with Crippen LogP contribution in [0.15, 0.2) is 35.5 Å². The summed E-state index contributed by atoms with van der Waals surface area (Å²) < 4.78 is 0. The molecule has 0 radical (unpaired) electrons. The minimum Gasteiger partial charge on any atom is -0.304 e. The number of fused-ring (bicyclic) bond motifs is 3. The summed E-state index contributed by atoms with van der Waals surface area (Å²) in [6, 6.07) is 3.62. The molecular formula is C10H6N4O. The van der Waals surface area contributed by atoms with Crippen molar-refractivity contribution in [3.05, 3.63) is 41.2 Å². The molecule has 3 aromatic rings. The summed E-state index contributed by atoms with van der Waals surface area (Å²) in [6.45, 7) is 0. The Hall–Kier alpha value is -2.30. The van der Waals surface area contributed by atoms with E-state index in [0.717, 1.165) is 10.9 Å². The predicted molar refractivity (Wildman–Crippen MR) is 55.5 cm³/mol. The Morgan fingerprint density at radius 1 is 1.20 bits per heavy atom. The SMILES string of the molecule is O=c1nc2c(ccc3nccncc32)[nH]1. The van der Waals surface area contributed by atoms with Gasteiger partial charge in [0.2, 0.25) is 0 Å². The van der Waals surface area contributed by atoms with Gasteiger partial charge in [0.15, 0.2) is 0 Å². The number of imidazole rings is 1. The van der Waals surface area contributed by atoms with Crippen molar-refractivity contribution in [2.24, 2.45) is 0 Å². The molecule has 5 nitrogen and oxygen atoms in total. The van der Waals surface area contributed by atoms with E-state index in [-0.39, 0.29) is 5.69 Å². The van der Waals surface area contributed by atoms with Crippen LogP contribution in [0.5, 0.6) is 0 Å². The maximum atomic E-state index is 11.1. The highest BCUT2D eigenvalue weighted by atomic mass is 16.1. The van der Waals surface area contributed by atoms with Gasteiger partial charge in [0, 0.05) is 24.0 Å². The zero-order valence-electron chi connectivity index (χ0n) is 7.64. The molecule has 0 unspecified atom stereocenters. The molecule has 0 atom stereocenters. The van der Waals surface area contributed by atoms with Crippen molar-refractivity contribution in [1.82, 2.24) is 19.9 Å². The van der Waals surface area contributed by atoms with E-state index in [1.807, 2.05) is 6.07 Å². The van der Waals surface area contributed by atoms with Gasteiger partial charge in [0.1, 0.15) is 5.52 Å². The molecule has 2 heterocycles. The van der Waals surface area contributed by atoms with E-state index in [9.17, 15) is 4.79 Å². The number of rotatable bonds is 0. The molecule has 15 heavy (non-hydrogen) atoms. The molecule has 3 rings (SSSR count). The largest absolute Gasteiger partial charge is 0.346 e. The molecule has 0 amide bonds. The third-order valence-electron chi connectivity index (χ3n) is 2.22. The van der Waals surface area contributed by atoms with Gasteiger partial charge in [0.05, 0.1) is 11.0 Å². The minimum atomic E-state index is -0.344. The molecule has 72 valence electrons. The van der Waals surface area contributed by atoms with Gasteiger partial charge in [-0.25, -0.2) is 4.79 Å². The standard InChI is InChI=1S/C10H6N4O/c15-10-13-8-2-1-7-6(9(8)14-10)5-11-3-4-12-7/h1-5H,(H,13,14,15). The van der Waals surface area contributed by atoms with Crippen molar-refractivity contribution in [2.45, 2.75) is 0 Å². The van der Waals surface area contributed by atoms with Crippen LogP contribution in [0.2, 0.25) is 0 Å². The molecule has 2 aromatic heterocycles. The lowest BCUT2D eigenvalue weighted by Crippen LogP contribution is -1.99. The third kappa shape index (κ3) is 1.17. The van der Waals surface area contributed by atoms with Crippen LogP contribution in [-0.4, -0.2) is 19.9 Å². The summed E-state index contributed by atoms with van der Waals surface area (Å²) in [5.41, 5.74) is 1.76. The maximum absolute atomic E-state index is 11.1. The van der Waals surface area contributed by atoms with Crippen molar-refractivity contribution in [3.63, 3.8) is 0 Å². The molecule has 0 spiro atoms. The monoisotopic (exact) mass is 198 g/mol. The first-order valence-corrected chi connectivity index (χ1v) is 4.43. The van der Waals surface area contributed by atoms with Crippen molar-refractivity contribution in [3.8, 4) is 0 Å².